The Morgan fingerprint density at radius 1 is 0.967 bits per heavy atom. The van der Waals surface area contributed by atoms with Gasteiger partial charge in [-0.25, -0.2) is 18.0 Å². The van der Waals surface area contributed by atoms with Crippen LogP contribution in [0.2, 0.25) is 0 Å². The zero-order chi connectivity index (χ0) is 21.7. The molecule has 1 fully saturated rings. The van der Waals surface area contributed by atoms with Crippen molar-refractivity contribution in [1.82, 2.24) is 10.6 Å². The van der Waals surface area contributed by atoms with Crippen molar-refractivity contribution < 1.29 is 27.6 Å². The minimum Gasteiger partial charge on any atom is -0.334 e. The van der Waals surface area contributed by atoms with Gasteiger partial charge < -0.3 is 20.9 Å². The second-order valence-electron chi connectivity index (χ2n) is 6.62. The Morgan fingerprint density at radius 2 is 1.70 bits per heavy atom. The van der Waals surface area contributed by atoms with Crippen LogP contribution in [0.4, 0.5) is 29.3 Å². The number of hydrogen-bond donors (Lipinski definition) is 3. The Kier molecular flexibility index (Phi) is 6.55. The monoisotopic (exact) mass is 420 g/mol. The minimum atomic E-state index is -1.70. The van der Waals surface area contributed by atoms with Gasteiger partial charge in [-0.1, -0.05) is 12.1 Å². The van der Waals surface area contributed by atoms with Gasteiger partial charge in [-0.3, -0.25) is 9.59 Å². The van der Waals surface area contributed by atoms with E-state index in [0.29, 0.717) is 19.0 Å². The van der Waals surface area contributed by atoms with E-state index in [-0.39, 0.29) is 12.5 Å². The molecule has 0 spiro atoms. The van der Waals surface area contributed by atoms with Gasteiger partial charge in [0.2, 0.25) is 11.8 Å². The molecule has 158 valence electrons. The summed E-state index contributed by atoms with van der Waals surface area (Å²) in [6, 6.07) is 8.06. The first-order chi connectivity index (χ1) is 14.3. The molecule has 30 heavy (non-hydrogen) atoms. The number of anilines is 2. The lowest BCUT2D eigenvalue weighted by molar-refractivity contribution is -0.117. The van der Waals surface area contributed by atoms with Gasteiger partial charge in [0.25, 0.3) is 0 Å². The molecular weight excluding hydrogens is 401 g/mol. The minimum absolute atomic E-state index is 0.0850. The Hall–Kier alpha value is -3.56. The summed E-state index contributed by atoms with van der Waals surface area (Å²) in [6.45, 7) is 0.370. The van der Waals surface area contributed by atoms with Crippen LogP contribution in [0.5, 0.6) is 0 Å². The molecule has 1 aliphatic rings. The summed E-state index contributed by atoms with van der Waals surface area (Å²) < 4.78 is 39.6. The number of halogens is 3. The number of carbonyl (C=O) groups is 3. The molecule has 4 amide bonds. The van der Waals surface area contributed by atoms with E-state index in [1.165, 1.54) is 0 Å². The molecule has 7 nitrogen and oxygen atoms in total. The molecule has 0 aliphatic carbocycles. The topological polar surface area (TPSA) is 90.5 Å². The molecule has 0 saturated carbocycles. The van der Waals surface area contributed by atoms with E-state index in [4.69, 9.17) is 0 Å². The van der Waals surface area contributed by atoms with Crippen molar-refractivity contribution in [3.05, 3.63) is 59.4 Å². The fourth-order valence-electron chi connectivity index (χ4n) is 2.94. The first kappa shape index (κ1) is 21.2. The molecular formula is C20H19F3N4O3. The van der Waals surface area contributed by atoms with Crippen molar-refractivity contribution in [2.45, 2.75) is 19.4 Å². The van der Waals surface area contributed by atoms with Gasteiger partial charge in [-0.05, 0) is 36.2 Å². The number of rotatable bonds is 6. The Bertz CT molecular complexity index is 967. The third-order valence-electron chi connectivity index (χ3n) is 4.49. The molecule has 10 heteroatoms. The molecule has 3 rings (SSSR count). The van der Waals surface area contributed by atoms with Gasteiger partial charge in [-0.2, -0.15) is 0 Å². The normalized spacial score (nSPS) is 13.3. The van der Waals surface area contributed by atoms with E-state index in [1.54, 1.807) is 29.2 Å². The second kappa shape index (κ2) is 9.29. The summed E-state index contributed by atoms with van der Waals surface area (Å²) in [4.78, 5) is 37.0. The van der Waals surface area contributed by atoms with E-state index in [1.807, 2.05) is 5.32 Å². The van der Waals surface area contributed by atoms with Crippen LogP contribution < -0.4 is 20.9 Å². The third kappa shape index (κ3) is 5.07. The van der Waals surface area contributed by atoms with Crippen molar-refractivity contribution in [2.24, 2.45) is 0 Å². The number of nitrogens with zero attached hydrogens (tertiary/aromatic N) is 1. The first-order valence-corrected chi connectivity index (χ1v) is 9.19. The van der Waals surface area contributed by atoms with Crippen molar-refractivity contribution in [3.8, 4) is 0 Å². The smallest absolute Gasteiger partial charge is 0.315 e. The molecule has 0 bridgehead atoms. The molecule has 0 aromatic heterocycles. The highest BCUT2D eigenvalue weighted by Crippen LogP contribution is 2.21. The maximum absolute atomic E-state index is 13.5. The zero-order valence-corrected chi connectivity index (χ0v) is 15.8. The molecule has 3 N–H and O–H groups in total. The van der Waals surface area contributed by atoms with Gasteiger partial charge >= 0.3 is 6.03 Å². The maximum atomic E-state index is 13.5. The first-order valence-electron chi connectivity index (χ1n) is 9.19. The number of hydrogen-bond acceptors (Lipinski definition) is 3. The Labute approximate surface area is 170 Å². The lowest BCUT2D eigenvalue weighted by Crippen LogP contribution is -2.39. The van der Waals surface area contributed by atoms with Gasteiger partial charge in [-0.15, -0.1) is 0 Å². The van der Waals surface area contributed by atoms with E-state index in [2.05, 4.69) is 10.6 Å². The van der Waals surface area contributed by atoms with Crippen LogP contribution in [-0.2, 0) is 16.1 Å². The average Bonchev–Trinajstić information content (AvgIpc) is 3.17. The molecule has 0 atom stereocenters. The van der Waals surface area contributed by atoms with Crippen LogP contribution in [0.1, 0.15) is 18.4 Å². The SMILES string of the molecule is O=C(CNC(=O)NCc1ccc(N2CCCC2=O)cc1)Nc1ccc(F)c(F)c1F. The summed E-state index contributed by atoms with van der Waals surface area (Å²) >= 11 is 0. The highest BCUT2D eigenvalue weighted by molar-refractivity contribution is 5.95. The molecule has 1 aliphatic heterocycles. The molecule has 1 heterocycles. The molecule has 0 radical (unpaired) electrons. The van der Waals surface area contributed by atoms with E-state index in [9.17, 15) is 27.6 Å². The third-order valence-corrected chi connectivity index (χ3v) is 4.49. The summed E-state index contributed by atoms with van der Waals surface area (Å²) in [5.74, 6) is -5.31. The van der Waals surface area contributed by atoms with Crippen LogP contribution in [0.25, 0.3) is 0 Å². The number of carbonyl (C=O) groups excluding carboxylic acids is 3. The molecule has 1 saturated heterocycles. The predicted octanol–water partition coefficient (Wildman–Crippen LogP) is 2.67. The number of nitrogens with one attached hydrogen (secondary N) is 3. The summed E-state index contributed by atoms with van der Waals surface area (Å²) in [7, 11) is 0. The van der Waals surface area contributed by atoms with Crippen LogP contribution in [0.15, 0.2) is 36.4 Å². The van der Waals surface area contributed by atoms with Crippen LogP contribution in [0.3, 0.4) is 0 Å². The van der Waals surface area contributed by atoms with Crippen LogP contribution in [0, 0.1) is 17.5 Å². The van der Waals surface area contributed by atoms with Crippen molar-refractivity contribution in [3.63, 3.8) is 0 Å². The quantitative estimate of drug-likeness (QED) is 0.628. The van der Waals surface area contributed by atoms with Gasteiger partial charge in [0.1, 0.15) is 0 Å². The fourth-order valence-corrected chi connectivity index (χ4v) is 2.94. The number of benzene rings is 2. The molecule has 2 aromatic rings. The van der Waals surface area contributed by atoms with E-state index >= 15 is 0 Å². The van der Waals surface area contributed by atoms with Gasteiger partial charge in [0.05, 0.1) is 12.2 Å². The molecule has 0 unspecified atom stereocenters. The van der Waals surface area contributed by atoms with Crippen molar-refractivity contribution in [2.75, 3.05) is 23.3 Å². The largest absolute Gasteiger partial charge is 0.334 e. The van der Waals surface area contributed by atoms with Gasteiger partial charge in [0, 0.05) is 25.2 Å². The average molecular weight is 420 g/mol. The van der Waals surface area contributed by atoms with Gasteiger partial charge in [0.15, 0.2) is 17.5 Å². The highest BCUT2D eigenvalue weighted by Gasteiger charge is 2.21. The lowest BCUT2D eigenvalue weighted by atomic mass is 10.2. The molecule has 2 aromatic carbocycles. The lowest BCUT2D eigenvalue weighted by Gasteiger charge is -2.16. The summed E-state index contributed by atoms with van der Waals surface area (Å²) in [5, 5.41) is 6.87. The maximum Gasteiger partial charge on any atom is 0.315 e. The second-order valence-corrected chi connectivity index (χ2v) is 6.62. The van der Waals surface area contributed by atoms with Crippen LogP contribution >= 0.6 is 0 Å². The van der Waals surface area contributed by atoms with E-state index in [0.717, 1.165) is 23.7 Å². The fraction of sp³-hybridized carbons (Fsp3) is 0.250. The van der Waals surface area contributed by atoms with Crippen LogP contribution in [-0.4, -0.2) is 30.9 Å². The highest BCUT2D eigenvalue weighted by atomic mass is 19.2. The Balaban J connectivity index is 1.43. The summed E-state index contributed by atoms with van der Waals surface area (Å²) in [6.07, 6.45) is 1.37. The van der Waals surface area contributed by atoms with Crippen molar-refractivity contribution in [1.29, 1.82) is 0 Å². The Morgan fingerprint density at radius 3 is 2.37 bits per heavy atom. The zero-order valence-electron chi connectivity index (χ0n) is 15.8. The van der Waals surface area contributed by atoms with E-state index < -0.39 is 41.6 Å². The standard InChI is InChI=1S/C20H19F3N4O3/c21-14-7-8-15(19(23)18(14)22)26-16(28)11-25-20(30)24-10-12-3-5-13(6-4-12)27-9-1-2-17(27)29/h3-8H,1-2,9-11H2,(H,26,28)(H2,24,25,30). The summed E-state index contributed by atoms with van der Waals surface area (Å²) in [5.41, 5.74) is 1.05. The number of urea groups is 1. The number of amides is 4. The predicted molar refractivity (Wildman–Crippen MR) is 103 cm³/mol. The van der Waals surface area contributed by atoms with Crippen molar-refractivity contribution >= 4 is 29.2 Å².